The van der Waals surface area contributed by atoms with Crippen LogP contribution >= 0.6 is 0 Å². The highest BCUT2D eigenvalue weighted by Gasteiger charge is 2.22. The first kappa shape index (κ1) is 15.2. The summed E-state index contributed by atoms with van der Waals surface area (Å²) in [5.41, 5.74) is 2.71. The Hall–Kier alpha value is -0.870. The smallest absolute Gasteiger partial charge is 0.208 e. The van der Waals surface area contributed by atoms with Crippen LogP contribution in [0, 0.1) is 20.8 Å². The van der Waals surface area contributed by atoms with Gasteiger partial charge < -0.3 is 0 Å². The van der Waals surface area contributed by atoms with Crippen LogP contribution in [-0.2, 0) is 10.0 Å². The molecule has 0 aromatic heterocycles. The van der Waals surface area contributed by atoms with Gasteiger partial charge in [0.15, 0.2) is 0 Å². The van der Waals surface area contributed by atoms with Crippen molar-refractivity contribution < 1.29 is 8.42 Å². The molecule has 4 heteroatoms. The Bertz CT molecular complexity index is 494. The van der Waals surface area contributed by atoms with E-state index in [1.807, 2.05) is 46.8 Å². The Labute approximate surface area is 111 Å². The highest BCUT2D eigenvalue weighted by atomic mass is 32.2. The molecule has 0 heterocycles. The number of aryl methyl sites for hydroxylation is 3. The maximum atomic E-state index is 12.4. The van der Waals surface area contributed by atoms with E-state index < -0.39 is 10.0 Å². The Morgan fingerprint density at radius 3 is 1.89 bits per heavy atom. The molecule has 0 amide bonds. The molecule has 0 fully saturated rings. The molecule has 1 aromatic carbocycles. The van der Waals surface area contributed by atoms with Crippen LogP contribution in [0.1, 0.15) is 43.4 Å². The third-order valence-corrected chi connectivity index (χ3v) is 5.01. The monoisotopic (exact) mass is 269 g/mol. The number of hydrogen-bond donors (Lipinski definition) is 1. The lowest BCUT2D eigenvalue weighted by Gasteiger charge is -2.18. The first-order chi connectivity index (χ1) is 8.31. The summed E-state index contributed by atoms with van der Waals surface area (Å²) in [6.45, 7) is 9.66. The van der Waals surface area contributed by atoms with Crippen molar-refractivity contribution in [1.29, 1.82) is 0 Å². The molecule has 18 heavy (non-hydrogen) atoms. The number of nitrogens with one attached hydrogen (secondary N) is 1. The first-order valence-corrected chi connectivity index (χ1v) is 7.90. The van der Waals surface area contributed by atoms with Crippen molar-refractivity contribution in [2.75, 3.05) is 0 Å². The summed E-state index contributed by atoms with van der Waals surface area (Å²) in [7, 11) is -3.41. The molecule has 0 atom stereocenters. The van der Waals surface area contributed by atoms with Gasteiger partial charge in [-0.05, 0) is 44.7 Å². The number of hydrogen-bond acceptors (Lipinski definition) is 2. The van der Waals surface area contributed by atoms with Gasteiger partial charge in [0.1, 0.15) is 0 Å². The lowest BCUT2D eigenvalue weighted by atomic mass is 10.1. The second-order valence-electron chi connectivity index (χ2n) is 4.86. The van der Waals surface area contributed by atoms with Crippen molar-refractivity contribution in [1.82, 2.24) is 4.72 Å². The van der Waals surface area contributed by atoms with Gasteiger partial charge in [-0.3, -0.25) is 0 Å². The molecule has 0 aliphatic carbocycles. The number of sulfonamides is 1. The minimum atomic E-state index is -3.41. The minimum absolute atomic E-state index is 0.00935. The predicted molar refractivity (Wildman–Crippen MR) is 75.3 cm³/mol. The maximum absolute atomic E-state index is 12.4. The fourth-order valence-electron chi connectivity index (χ4n) is 2.32. The fraction of sp³-hybridized carbons (Fsp3) is 0.571. The van der Waals surface area contributed by atoms with Crippen molar-refractivity contribution in [2.24, 2.45) is 0 Å². The van der Waals surface area contributed by atoms with Crippen LogP contribution in [0.3, 0.4) is 0 Å². The molecule has 0 bridgehead atoms. The van der Waals surface area contributed by atoms with E-state index in [1.165, 1.54) is 0 Å². The second kappa shape index (κ2) is 5.85. The number of rotatable bonds is 5. The molecule has 0 radical (unpaired) electrons. The highest BCUT2D eigenvalue weighted by Crippen LogP contribution is 2.22. The molecule has 0 saturated carbocycles. The van der Waals surface area contributed by atoms with Gasteiger partial charge in [0, 0.05) is 6.04 Å². The molecule has 1 rings (SSSR count). The minimum Gasteiger partial charge on any atom is -0.208 e. The lowest BCUT2D eigenvalue weighted by Crippen LogP contribution is -2.34. The molecule has 1 aromatic rings. The third kappa shape index (κ3) is 3.33. The molecule has 0 unspecified atom stereocenters. The summed E-state index contributed by atoms with van der Waals surface area (Å²) in [6, 6.07) is 3.83. The van der Waals surface area contributed by atoms with Gasteiger partial charge >= 0.3 is 0 Å². The van der Waals surface area contributed by atoms with Gasteiger partial charge in [-0.2, -0.15) is 0 Å². The summed E-state index contributed by atoms with van der Waals surface area (Å²) >= 11 is 0. The topological polar surface area (TPSA) is 46.2 Å². The molecule has 1 N–H and O–H groups in total. The second-order valence-corrected chi connectivity index (χ2v) is 6.51. The molecule has 0 aliphatic heterocycles. The van der Waals surface area contributed by atoms with Crippen molar-refractivity contribution in [2.45, 2.75) is 58.4 Å². The first-order valence-electron chi connectivity index (χ1n) is 6.42. The van der Waals surface area contributed by atoms with Gasteiger partial charge in [-0.1, -0.05) is 31.5 Å². The summed E-state index contributed by atoms with van der Waals surface area (Å²) < 4.78 is 27.6. The fourth-order valence-corrected chi connectivity index (χ4v) is 4.18. The van der Waals surface area contributed by atoms with Crippen LogP contribution in [-0.4, -0.2) is 14.5 Å². The maximum Gasteiger partial charge on any atom is 0.241 e. The van der Waals surface area contributed by atoms with Crippen LogP contribution in [0.25, 0.3) is 0 Å². The zero-order chi connectivity index (χ0) is 13.9. The largest absolute Gasteiger partial charge is 0.241 e. The Balaban J connectivity index is 3.21. The lowest BCUT2D eigenvalue weighted by molar-refractivity contribution is 0.529. The zero-order valence-corrected chi connectivity index (χ0v) is 12.7. The molecule has 102 valence electrons. The van der Waals surface area contributed by atoms with E-state index in [1.54, 1.807) is 0 Å². The average molecular weight is 269 g/mol. The van der Waals surface area contributed by atoms with Gasteiger partial charge in [-0.25, -0.2) is 13.1 Å². The van der Waals surface area contributed by atoms with E-state index in [-0.39, 0.29) is 6.04 Å². The van der Waals surface area contributed by atoms with Crippen molar-refractivity contribution in [3.63, 3.8) is 0 Å². The van der Waals surface area contributed by atoms with Crippen LogP contribution in [0.4, 0.5) is 0 Å². The average Bonchev–Trinajstić information content (AvgIpc) is 2.23. The van der Waals surface area contributed by atoms with Crippen LogP contribution in [0.5, 0.6) is 0 Å². The van der Waals surface area contributed by atoms with Crippen LogP contribution < -0.4 is 4.72 Å². The summed E-state index contributed by atoms with van der Waals surface area (Å²) in [4.78, 5) is 0.431. The van der Waals surface area contributed by atoms with E-state index >= 15 is 0 Å². The Morgan fingerprint density at radius 1 is 1.06 bits per heavy atom. The van der Waals surface area contributed by atoms with Crippen molar-refractivity contribution in [3.05, 3.63) is 28.8 Å². The van der Waals surface area contributed by atoms with Gasteiger partial charge in [0.05, 0.1) is 4.90 Å². The predicted octanol–water partition coefficient (Wildman–Crippen LogP) is 3.08. The molecular formula is C14H23NO2S. The summed E-state index contributed by atoms with van der Waals surface area (Å²) in [5.74, 6) is 0. The summed E-state index contributed by atoms with van der Waals surface area (Å²) in [5, 5.41) is 0. The van der Waals surface area contributed by atoms with Gasteiger partial charge in [0.25, 0.3) is 0 Å². The quantitative estimate of drug-likeness (QED) is 0.893. The highest BCUT2D eigenvalue weighted by molar-refractivity contribution is 7.89. The van der Waals surface area contributed by atoms with E-state index in [0.717, 1.165) is 29.5 Å². The zero-order valence-electron chi connectivity index (χ0n) is 11.9. The Kier molecular flexibility index (Phi) is 4.93. The molecule has 3 nitrogen and oxygen atoms in total. The van der Waals surface area contributed by atoms with Crippen molar-refractivity contribution >= 4 is 10.0 Å². The summed E-state index contributed by atoms with van der Waals surface area (Å²) in [6.07, 6.45) is 1.61. The van der Waals surface area contributed by atoms with E-state index in [4.69, 9.17) is 0 Å². The standard InChI is InChI=1S/C14H23NO2S/c1-6-13(7-2)15-18(16,17)14-11(4)8-10(3)9-12(14)5/h8-9,13,15H,6-7H2,1-5H3. The van der Waals surface area contributed by atoms with Gasteiger partial charge in [-0.15, -0.1) is 0 Å². The number of benzene rings is 1. The molecule has 0 saturated heterocycles. The Morgan fingerprint density at radius 2 is 1.50 bits per heavy atom. The van der Waals surface area contributed by atoms with Crippen LogP contribution in [0.2, 0.25) is 0 Å². The SMILES string of the molecule is CCC(CC)NS(=O)(=O)c1c(C)cc(C)cc1C. The molecule has 0 aliphatic rings. The van der Waals surface area contributed by atoms with Gasteiger partial charge in [0.2, 0.25) is 10.0 Å². The van der Waals surface area contributed by atoms with Crippen molar-refractivity contribution in [3.8, 4) is 0 Å². The molecule has 0 spiro atoms. The van der Waals surface area contributed by atoms with E-state index in [9.17, 15) is 8.42 Å². The molecular weight excluding hydrogens is 246 g/mol. The normalized spacial score (nSPS) is 12.1. The van der Waals surface area contributed by atoms with Crippen LogP contribution in [0.15, 0.2) is 17.0 Å². The van der Waals surface area contributed by atoms with E-state index in [0.29, 0.717) is 4.90 Å². The van der Waals surface area contributed by atoms with E-state index in [2.05, 4.69) is 4.72 Å². The third-order valence-electron chi connectivity index (χ3n) is 3.18.